The van der Waals surface area contributed by atoms with Gasteiger partial charge < -0.3 is 10.2 Å². The summed E-state index contributed by atoms with van der Waals surface area (Å²) >= 11 is 0. The van der Waals surface area contributed by atoms with E-state index in [1.807, 2.05) is 7.05 Å². The minimum atomic E-state index is 0.838. The Morgan fingerprint density at radius 3 is 2.88 bits per heavy atom. The Morgan fingerprint density at radius 1 is 1.44 bits per heavy atom. The van der Waals surface area contributed by atoms with Gasteiger partial charge in [0.2, 0.25) is 0 Å². The largest absolute Gasteiger partial charge is 0.359 e. The monoisotopic (exact) mass is 219 g/mol. The lowest BCUT2D eigenvalue weighted by Crippen LogP contribution is -2.30. The van der Waals surface area contributed by atoms with Gasteiger partial charge in [-0.25, -0.2) is 4.98 Å². The first-order valence-electron chi connectivity index (χ1n) is 6.11. The molecule has 1 N–H and O–H groups in total. The van der Waals surface area contributed by atoms with Crippen molar-refractivity contribution in [3.8, 4) is 0 Å². The average Bonchev–Trinajstić information content (AvgIpc) is 2.24. The van der Waals surface area contributed by atoms with Crippen molar-refractivity contribution in [1.82, 2.24) is 10.3 Å². The minimum absolute atomic E-state index is 0.838. The molecule has 3 heteroatoms. The first-order valence-corrected chi connectivity index (χ1v) is 6.11. The SMILES string of the molecule is CNCc1cccc(N(C)CC2CCC2)n1. The smallest absolute Gasteiger partial charge is 0.128 e. The van der Waals surface area contributed by atoms with Crippen LogP contribution in [-0.4, -0.2) is 25.6 Å². The van der Waals surface area contributed by atoms with Gasteiger partial charge in [-0.1, -0.05) is 12.5 Å². The predicted octanol–water partition coefficient (Wildman–Crippen LogP) is 2.04. The number of hydrogen-bond acceptors (Lipinski definition) is 3. The topological polar surface area (TPSA) is 28.2 Å². The van der Waals surface area contributed by atoms with E-state index in [1.165, 1.54) is 19.3 Å². The highest BCUT2D eigenvalue weighted by Crippen LogP contribution is 2.27. The van der Waals surface area contributed by atoms with Crippen LogP contribution in [0.1, 0.15) is 25.0 Å². The lowest BCUT2D eigenvalue weighted by molar-refractivity contribution is 0.321. The predicted molar refractivity (Wildman–Crippen MR) is 67.6 cm³/mol. The van der Waals surface area contributed by atoms with Crippen LogP contribution in [0.15, 0.2) is 18.2 Å². The zero-order chi connectivity index (χ0) is 11.4. The molecule has 0 aromatic carbocycles. The van der Waals surface area contributed by atoms with Gasteiger partial charge in [0.15, 0.2) is 0 Å². The van der Waals surface area contributed by atoms with E-state index >= 15 is 0 Å². The summed E-state index contributed by atoms with van der Waals surface area (Å²) < 4.78 is 0. The van der Waals surface area contributed by atoms with Crippen molar-refractivity contribution in [3.05, 3.63) is 23.9 Å². The van der Waals surface area contributed by atoms with E-state index in [0.717, 1.165) is 30.5 Å². The Morgan fingerprint density at radius 2 is 2.25 bits per heavy atom. The summed E-state index contributed by atoms with van der Waals surface area (Å²) in [5, 5.41) is 3.13. The van der Waals surface area contributed by atoms with Gasteiger partial charge in [-0.05, 0) is 37.9 Å². The first-order chi connectivity index (χ1) is 7.79. The van der Waals surface area contributed by atoms with E-state index in [4.69, 9.17) is 0 Å². The lowest BCUT2D eigenvalue weighted by atomic mass is 9.85. The van der Waals surface area contributed by atoms with E-state index < -0.39 is 0 Å². The molecule has 16 heavy (non-hydrogen) atoms. The highest BCUT2D eigenvalue weighted by molar-refractivity contribution is 5.38. The second-order valence-corrected chi connectivity index (χ2v) is 4.69. The summed E-state index contributed by atoms with van der Waals surface area (Å²) in [6, 6.07) is 6.25. The van der Waals surface area contributed by atoms with E-state index in [-0.39, 0.29) is 0 Å². The molecule has 1 aromatic rings. The second kappa shape index (κ2) is 5.30. The van der Waals surface area contributed by atoms with Crippen LogP contribution in [0.2, 0.25) is 0 Å². The van der Waals surface area contributed by atoms with Gasteiger partial charge in [-0.3, -0.25) is 0 Å². The molecule has 1 saturated carbocycles. The Labute approximate surface area is 97.9 Å². The summed E-state index contributed by atoms with van der Waals surface area (Å²) in [4.78, 5) is 6.92. The van der Waals surface area contributed by atoms with Crippen LogP contribution in [0.25, 0.3) is 0 Å². The van der Waals surface area contributed by atoms with Crippen molar-refractivity contribution < 1.29 is 0 Å². The van der Waals surface area contributed by atoms with Gasteiger partial charge in [0.25, 0.3) is 0 Å². The van der Waals surface area contributed by atoms with Crippen LogP contribution in [-0.2, 0) is 6.54 Å². The van der Waals surface area contributed by atoms with Crippen LogP contribution >= 0.6 is 0 Å². The Bertz CT molecular complexity index is 334. The van der Waals surface area contributed by atoms with Crippen molar-refractivity contribution in [3.63, 3.8) is 0 Å². The van der Waals surface area contributed by atoms with Crippen molar-refractivity contribution in [2.24, 2.45) is 5.92 Å². The maximum atomic E-state index is 4.64. The molecule has 1 heterocycles. The zero-order valence-electron chi connectivity index (χ0n) is 10.2. The molecule has 0 unspecified atom stereocenters. The summed E-state index contributed by atoms with van der Waals surface area (Å²) in [5.41, 5.74) is 1.11. The standard InChI is InChI=1S/C13H21N3/c1-14-9-12-7-4-8-13(15-12)16(2)10-11-5-3-6-11/h4,7-8,11,14H,3,5-6,9-10H2,1-2H3. The van der Waals surface area contributed by atoms with Gasteiger partial charge >= 0.3 is 0 Å². The summed E-state index contributed by atoms with van der Waals surface area (Å²) in [5.74, 6) is 1.99. The van der Waals surface area contributed by atoms with Crippen molar-refractivity contribution >= 4 is 5.82 Å². The third-order valence-electron chi connectivity index (χ3n) is 3.30. The molecule has 0 atom stereocenters. The average molecular weight is 219 g/mol. The van der Waals surface area contributed by atoms with Crippen LogP contribution < -0.4 is 10.2 Å². The van der Waals surface area contributed by atoms with Crippen molar-refractivity contribution in [2.75, 3.05) is 25.5 Å². The van der Waals surface area contributed by atoms with Gasteiger partial charge in [0, 0.05) is 20.1 Å². The van der Waals surface area contributed by atoms with Gasteiger partial charge in [-0.2, -0.15) is 0 Å². The van der Waals surface area contributed by atoms with E-state index in [9.17, 15) is 0 Å². The van der Waals surface area contributed by atoms with Crippen LogP contribution in [0.4, 0.5) is 5.82 Å². The number of nitrogens with one attached hydrogen (secondary N) is 1. The van der Waals surface area contributed by atoms with Crippen LogP contribution in [0.3, 0.4) is 0 Å². The molecule has 2 rings (SSSR count). The highest BCUT2D eigenvalue weighted by atomic mass is 15.2. The Hall–Kier alpha value is -1.09. The Kier molecular flexibility index (Phi) is 3.78. The fourth-order valence-corrected chi connectivity index (χ4v) is 2.12. The highest BCUT2D eigenvalue weighted by Gasteiger charge is 2.19. The number of aromatic nitrogens is 1. The summed E-state index contributed by atoms with van der Waals surface area (Å²) in [6.07, 6.45) is 4.19. The molecule has 0 radical (unpaired) electrons. The molecule has 1 aromatic heterocycles. The number of nitrogens with zero attached hydrogens (tertiary/aromatic N) is 2. The lowest BCUT2D eigenvalue weighted by Gasteiger charge is -2.30. The second-order valence-electron chi connectivity index (χ2n) is 4.69. The van der Waals surface area contributed by atoms with E-state index in [0.29, 0.717) is 0 Å². The van der Waals surface area contributed by atoms with Gasteiger partial charge in [-0.15, -0.1) is 0 Å². The van der Waals surface area contributed by atoms with Gasteiger partial charge in [0.05, 0.1) is 5.69 Å². The molecule has 88 valence electrons. The molecular weight excluding hydrogens is 198 g/mol. The fraction of sp³-hybridized carbons (Fsp3) is 0.615. The zero-order valence-corrected chi connectivity index (χ0v) is 10.2. The fourth-order valence-electron chi connectivity index (χ4n) is 2.12. The molecule has 0 aliphatic heterocycles. The number of anilines is 1. The summed E-state index contributed by atoms with van der Waals surface area (Å²) in [6.45, 7) is 1.99. The van der Waals surface area contributed by atoms with Gasteiger partial charge in [0.1, 0.15) is 5.82 Å². The normalized spacial score (nSPS) is 15.9. The van der Waals surface area contributed by atoms with Crippen molar-refractivity contribution in [1.29, 1.82) is 0 Å². The molecule has 3 nitrogen and oxygen atoms in total. The van der Waals surface area contributed by atoms with E-state index in [1.54, 1.807) is 0 Å². The maximum absolute atomic E-state index is 4.64. The molecule has 0 spiro atoms. The van der Waals surface area contributed by atoms with Crippen molar-refractivity contribution in [2.45, 2.75) is 25.8 Å². The molecule has 0 amide bonds. The third-order valence-corrected chi connectivity index (χ3v) is 3.30. The number of rotatable bonds is 5. The molecule has 0 saturated heterocycles. The Balaban J connectivity index is 1.97. The van der Waals surface area contributed by atoms with E-state index in [2.05, 4.69) is 40.4 Å². The van der Waals surface area contributed by atoms with Crippen LogP contribution in [0, 0.1) is 5.92 Å². The maximum Gasteiger partial charge on any atom is 0.128 e. The molecule has 1 aliphatic carbocycles. The number of pyridine rings is 1. The third kappa shape index (κ3) is 2.73. The molecule has 1 fully saturated rings. The molecular formula is C13H21N3. The number of hydrogen-bond donors (Lipinski definition) is 1. The summed E-state index contributed by atoms with van der Waals surface area (Å²) in [7, 11) is 4.09. The quantitative estimate of drug-likeness (QED) is 0.821. The minimum Gasteiger partial charge on any atom is -0.359 e. The first kappa shape index (κ1) is 11.4. The molecule has 0 bridgehead atoms. The molecule has 1 aliphatic rings. The van der Waals surface area contributed by atoms with Crippen LogP contribution in [0.5, 0.6) is 0 Å².